The molecule has 0 amide bonds. The number of benzene rings is 1. The lowest BCUT2D eigenvalue weighted by Crippen LogP contribution is -2.39. The SMILES string of the molecule is CNCc1ccc(N(C)C(C)C(C)(C)C)c(F)c1. The number of hydrogen-bond donors (Lipinski definition) is 1. The molecule has 0 aliphatic heterocycles. The molecule has 1 aromatic carbocycles. The van der Waals surface area contributed by atoms with E-state index in [0.29, 0.717) is 12.2 Å². The Morgan fingerprint density at radius 2 is 1.94 bits per heavy atom. The first-order valence-electron chi connectivity index (χ1n) is 6.43. The highest BCUT2D eigenvalue weighted by Gasteiger charge is 2.25. The molecular weight excluding hydrogens is 227 g/mol. The maximum Gasteiger partial charge on any atom is 0.146 e. The third-order valence-electron chi connectivity index (χ3n) is 3.61. The van der Waals surface area contributed by atoms with Gasteiger partial charge in [-0.05, 0) is 37.1 Å². The van der Waals surface area contributed by atoms with Crippen molar-refractivity contribution in [3.63, 3.8) is 0 Å². The molecule has 0 aliphatic rings. The van der Waals surface area contributed by atoms with E-state index in [-0.39, 0.29) is 17.3 Å². The number of nitrogens with one attached hydrogen (secondary N) is 1. The third kappa shape index (κ3) is 3.45. The van der Waals surface area contributed by atoms with Crippen LogP contribution in [0.1, 0.15) is 33.3 Å². The van der Waals surface area contributed by atoms with Crippen LogP contribution in [0.15, 0.2) is 18.2 Å². The Morgan fingerprint density at radius 3 is 2.39 bits per heavy atom. The van der Waals surface area contributed by atoms with Gasteiger partial charge in [0.05, 0.1) is 5.69 Å². The smallest absolute Gasteiger partial charge is 0.146 e. The fourth-order valence-corrected chi connectivity index (χ4v) is 1.94. The summed E-state index contributed by atoms with van der Waals surface area (Å²) in [6.45, 7) is 9.32. The molecule has 0 aromatic heterocycles. The summed E-state index contributed by atoms with van der Waals surface area (Å²) in [4.78, 5) is 2.01. The first-order chi connectivity index (χ1) is 8.27. The van der Waals surface area contributed by atoms with E-state index in [1.54, 1.807) is 6.07 Å². The van der Waals surface area contributed by atoms with Gasteiger partial charge in [0, 0.05) is 19.6 Å². The summed E-state index contributed by atoms with van der Waals surface area (Å²) in [6, 6.07) is 5.71. The molecule has 1 atom stereocenters. The summed E-state index contributed by atoms with van der Waals surface area (Å²) in [6.07, 6.45) is 0. The summed E-state index contributed by atoms with van der Waals surface area (Å²) >= 11 is 0. The minimum atomic E-state index is -0.152. The number of hydrogen-bond acceptors (Lipinski definition) is 2. The van der Waals surface area contributed by atoms with Gasteiger partial charge in [0.1, 0.15) is 5.82 Å². The molecule has 0 bridgehead atoms. The summed E-state index contributed by atoms with van der Waals surface area (Å²) in [5.74, 6) is -0.152. The fraction of sp³-hybridized carbons (Fsp3) is 0.600. The number of anilines is 1. The Labute approximate surface area is 110 Å². The molecule has 1 rings (SSSR count). The highest BCUT2D eigenvalue weighted by molar-refractivity contribution is 5.49. The summed E-state index contributed by atoms with van der Waals surface area (Å²) in [5, 5.41) is 3.03. The van der Waals surface area contributed by atoms with E-state index in [2.05, 4.69) is 33.0 Å². The molecule has 0 radical (unpaired) electrons. The zero-order valence-electron chi connectivity index (χ0n) is 12.3. The van der Waals surface area contributed by atoms with Crippen molar-refractivity contribution in [1.29, 1.82) is 0 Å². The van der Waals surface area contributed by atoms with E-state index in [1.807, 2.05) is 31.1 Å². The van der Waals surface area contributed by atoms with E-state index in [0.717, 1.165) is 5.56 Å². The molecule has 3 heteroatoms. The van der Waals surface area contributed by atoms with Crippen molar-refractivity contribution in [2.24, 2.45) is 5.41 Å². The standard InChI is InChI=1S/C15H25FN2/c1-11(15(2,3)4)18(6)14-8-7-12(10-17-5)9-13(14)16/h7-9,11,17H,10H2,1-6H3. The molecule has 0 saturated carbocycles. The summed E-state index contributed by atoms with van der Waals surface area (Å²) in [5.41, 5.74) is 1.75. The minimum Gasteiger partial charge on any atom is -0.369 e. The Bertz CT molecular complexity index is 396. The van der Waals surface area contributed by atoms with Gasteiger partial charge in [-0.15, -0.1) is 0 Å². The normalized spacial score (nSPS) is 13.5. The van der Waals surface area contributed by atoms with E-state index in [4.69, 9.17) is 0 Å². The topological polar surface area (TPSA) is 15.3 Å². The molecule has 102 valence electrons. The largest absolute Gasteiger partial charge is 0.369 e. The van der Waals surface area contributed by atoms with Crippen molar-refractivity contribution < 1.29 is 4.39 Å². The highest BCUT2D eigenvalue weighted by Crippen LogP contribution is 2.29. The summed E-state index contributed by atoms with van der Waals surface area (Å²) in [7, 11) is 3.81. The molecular formula is C15H25FN2. The van der Waals surface area contributed by atoms with E-state index in [9.17, 15) is 4.39 Å². The van der Waals surface area contributed by atoms with Gasteiger partial charge in [0.25, 0.3) is 0 Å². The second-order valence-electron chi connectivity index (χ2n) is 5.97. The first kappa shape index (κ1) is 15.0. The number of nitrogens with zero attached hydrogens (tertiary/aromatic N) is 1. The van der Waals surface area contributed by atoms with Crippen LogP contribution in [0.4, 0.5) is 10.1 Å². The van der Waals surface area contributed by atoms with Crippen LogP contribution in [0.2, 0.25) is 0 Å². The van der Waals surface area contributed by atoms with Crippen LogP contribution in [0.5, 0.6) is 0 Å². The molecule has 1 N–H and O–H groups in total. The van der Waals surface area contributed by atoms with Crippen molar-refractivity contribution in [1.82, 2.24) is 5.32 Å². The lowest BCUT2D eigenvalue weighted by Gasteiger charge is -2.37. The molecule has 1 aromatic rings. The predicted octanol–water partition coefficient (Wildman–Crippen LogP) is 3.42. The number of halogens is 1. The van der Waals surface area contributed by atoms with Gasteiger partial charge < -0.3 is 10.2 Å². The van der Waals surface area contributed by atoms with Gasteiger partial charge in [-0.3, -0.25) is 0 Å². The van der Waals surface area contributed by atoms with Crippen molar-refractivity contribution >= 4 is 5.69 Å². The highest BCUT2D eigenvalue weighted by atomic mass is 19.1. The van der Waals surface area contributed by atoms with Gasteiger partial charge in [0.15, 0.2) is 0 Å². The van der Waals surface area contributed by atoms with Crippen LogP contribution in [-0.4, -0.2) is 20.1 Å². The molecule has 0 aliphatic carbocycles. The molecule has 1 unspecified atom stereocenters. The summed E-state index contributed by atoms with van der Waals surface area (Å²) < 4.78 is 14.1. The molecule has 0 heterocycles. The lowest BCUT2D eigenvalue weighted by molar-refractivity contribution is 0.328. The zero-order valence-corrected chi connectivity index (χ0v) is 12.3. The second-order valence-corrected chi connectivity index (χ2v) is 5.97. The zero-order chi connectivity index (χ0) is 13.9. The van der Waals surface area contributed by atoms with E-state index >= 15 is 0 Å². The first-order valence-corrected chi connectivity index (χ1v) is 6.43. The van der Waals surface area contributed by atoms with Crippen LogP contribution < -0.4 is 10.2 Å². The van der Waals surface area contributed by atoms with Crippen molar-refractivity contribution in [2.45, 2.75) is 40.3 Å². The quantitative estimate of drug-likeness (QED) is 0.883. The fourth-order valence-electron chi connectivity index (χ4n) is 1.94. The van der Waals surface area contributed by atoms with Gasteiger partial charge >= 0.3 is 0 Å². The Balaban J connectivity index is 2.96. The van der Waals surface area contributed by atoms with E-state index in [1.165, 1.54) is 0 Å². The van der Waals surface area contributed by atoms with Gasteiger partial charge in [-0.2, -0.15) is 0 Å². The maximum absolute atomic E-state index is 14.1. The van der Waals surface area contributed by atoms with Crippen LogP contribution in [-0.2, 0) is 6.54 Å². The molecule has 18 heavy (non-hydrogen) atoms. The van der Waals surface area contributed by atoms with Gasteiger partial charge in [0.2, 0.25) is 0 Å². The minimum absolute atomic E-state index is 0.116. The Morgan fingerprint density at radius 1 is 1.33 bits per heavy atom. The van der Waals surface area contributed by atoms with Crippen LogP contribution in [0.25, 0.3) is 0 Å². The van der Waals surface area contributed by atoms with Crippen molar-refractivity contribution in [3.05, 3.63) is 29.6 Å². The average molecular weight is 252 g/mol. The van der Waals surface area contributed by atoms with Crippen LogP contribution in [0, 0.1) is 11.2 Å². The third-order valence-corrected chi connectivity index (χ3v) is 3.61. The Hall–Kier alpha value is -1.09. The van der Waals surface area contributed by atoms with Gasteiger partial charge in [-0.1, -0.05) is 26.8 Å². The second kappa shape index (κ2) is 5.70. The molecule has 2 nitrogen and oxygen atoms in total. The van der Waals surface area contributed by atoms with Crippen LogP contribution >= 0.6 is 0 Å². The van der Waals surface area contributed by atoms with Gasteiger partial charge in [-0.25, -0.2) is 4.39 Å². The van der Waals surface area contributed by atoms with Crippen molar-refractivity contribution in [3.8, 4) is 0 Å². The molecule has 0 fully saturated rings. The Kier molecular flexibility index (Phi) is 4.74. The van der Waals surface area contributed by atoms with E-state index < -0.39 is 0 Å². The predicted molar refractivity (Wildman–Crippen MR) is 76.5 cm³/mol. The molecule has 0 spiro atoms. The van der Waals surface area contributed by atoms with Crippen LogP contribution in [0.3, 0.4) is 0 Å². The monoisotopic (exact) mass is 252 g/mol. The molecule has 0 saturated heterocycles. The number of rotatable bonds is 4. The lowest BCUT2D eigenvalue weighted by atomic mass is 9.87. The maximum atomic E-state index is 14.1. The van der Waals surface area contributed by atoms with Crippen molar-refractivity contribution in [2.75, 3.05) is 19.0 Å². The average Bonchev–Trinajstić information content (AvgIpc) is 2.26.